The van der Waals surface area contributed by atoms with E-state index in [9.17, 15) is 13.9 Å². The van der Waals surface area contributed by atoms with E-state index in [0.717, 1.165) is 18.2 Å². The standard InChI is InChI=1S/C12H10F2N2O/c1-7-5-16-11(6-15-7)12(17)9-4-8(13)2-3-10(9)14/h2-6,12,17H,1H3. The van der Waals surface area contributed by atoms with Gasteiger partial charge < -0.3 is 5.11 Å². The topological polar surface area (TPSA) is 46.0 Å². The van der Waals surface area contributed by atoms with Crippen LogP contribution in [0.15, 0.2) is 30.6 Å². The molecule has 1 atom stereocenters. The third-order valence-corrected chi connectivity index (χ3v) is 2.33. The molecule has 3 nitrogen and oxygen atoms in total. The molecule has 88 valence electrons. The summed E-state index contributed by atoms with van der Waals surface area (Å²) in [6.45, 7) is 1.74. The first-order chi connectivity index (χ1) is 8.08. The Labute approximate surface area is 96.8 Å². The predicted molar refractivity (Wildman–Crippen MR) is 57.2 cm³/mol. The van der Waals surface area contributed by atoms with Gasteiger partial charge in [0.05, 0.1) is 17.6 Å². The molecule has 0 saturated carbocycles. The van der Waals surface area contributed by atoms with Crippen molar-refractivity contribution in [1.82, 2.24) is 9.97 Å². The lowest BCUT2D eigenvalue weighted by Gasteiger charge is -2.11. The van der Waals surface area contributed by atoms with Gasteiger partial charge in [-0.3, -0.25) is 9.97 Å². The molecule has 0 aliphatic rings. The van der Waals surface area contributed by atoms with Crippen LogP contribution in [0.1, 0.15) is 23.1 Å². The van der Waals surface area contributed by atoms with Gasteiger partial charge in [0.1, 0.15) is 17.7 Å². The molecule has 1 aromatic carbocycles. The number of nitrogens with zero attached hydrogens (tertiary/aromatic N) is 2. The lowest BCUT2D eigenvalue weighted by molar-refractivity contribution is 0.209. The molecule has 0 fully saturated rings. The van der Waals surface area contributed by atoms with Gasteiger partial charge in [-0.05, 0) is 25.1 Å². The van der Waals surface area contributed by atoms with Gasteiger partial charge in [0.25, 0.3) is 0 Å². The van der Waals surface area contributed by atoms with E-state index in [-0.39, 0.29) is 11.3 Å². The molecule has 1 heterocycles. The summed E-state index contributed by atoms with van der Waals surface area (Å²) in [4.78, 5) is 7.86. The summed E-state index contributed by atoms with van der Waals surface area (Å²) in [5.41, 5.74) is 0.712. The molecule has 1 N–H and O–H groups in total. The van der Waals surface area contributed by atoms with E-state index in [1.165, 1.54) is 12.4 Å². The number of aromatic nitrogens is 2. The van der Waals surface area contributed by atoms with E-state index in [0.29, 0.717) is 5.69 Å². The number of rotatable bonds is 2. The molecule has 0 amide bonds. The number of hydrogen-bond donors (Lipinski definition) is 1. The fourth-order valence-electron chi connectivity index (χ4n) is 1.43. The van der Waals surface area contributed by atoms with Crippen LogP contribution in [-0.2, 0) is 0 Å². The third kappa shape index (κ3) is 2.45. The molecule has 2 rings (SSSR count). The first kappa shape index (κ1) is 11.6. The molecule has 5 heteroatoms. The monoisotopic (exact) mass is 236 g/mol. The maximum atomic E-state index is 13.4. The molecule has 0 bridgehead atoms. The fraction of sp³-hybridized carbons (Fsp3) is 0.167. The normalized spacial score (nSPS) is 12.5. The van der Waals surface area contributed by atoms with Crippen LogP contribution >= 0.6 is 0 Å². The highest BCUT2D eigenvalue weighted by atomic mass is 19.1. The molecular weight excluding hydrogens is 226 g/mol. The molecule has 2 aromatic rings. The molecule has 0 aliphatic carbocycles. The second-order valence-corrected chi connectivity index (χ2v) is 3.65. The van der Waals surface area contributed by atoms with Gasteiger partial charge in [-0.15, -0.1) is 0 Å². The van der Waals surface area contributed by atoms with E-state index in [4.69, 9.17) is 0 Å². The molecule has 1 aromatic heterocycles. The molecule has 0 radical (unpaired) electrons. The summed E-state index contributed by atoms with van der Waals surface area (Å²) >= 11 is 0. The Kier molecular flexibility index (Phi) is 3.10. The van der Waals surface area contributed by atoms with Crippen LogP contribution in [0.5, 0.6) is 0 Å². The Morgan fingerprint density at radius 1 is 1.18 bits per heavy atom. The second kappa shape index (κ2) is 4.55. The molecule has 0 saturated heterocycles. The number of halogens is 2. The quantitative estimate of drug-likeness (QED) is 0.868. The lowest BCUT2D eigenvalue weighted by atomic mass is 10.1. The Morgan fingerprint density at radius 3 is 2.59 bits per heavy atom. The van der Waals surface area contributed by atoms with Crippen molar-refractivity contribution in [2.24, 2.45) is 0 Å². The largest absolute Gasteiger partial charge is 0.382 e. The van der Waals surface area contributed by atoms with Crippen LogP contribution in [0.2, 0.25) is 0 Å². The van der Waals surface area contributed by atoms with E-state index in [1.807, 2.05) is 0 Å². The Balaban J connectivity index is 2.39. The van der Waals surface area contributed by atoms with Gasteiger partial charge in [0.2, 0.25) is 0 Å². The van der Waals surface area contributed by atoms with E-state index in [1.54, 1.807) is 6.92 Å². The number of benzene rings is 1. The zero-order valence-electron chi connectivity index (χ0n) is 9.06. The van der Waals surface area contributed by atoms with E-state index < -0.39 is 17.7 Å². The highest BCUT2D eigenvalue weighted by molar-refractivity contribution is 5.26. The molecule has 0 aliphatic heterocycles. The first-order valence-electron chi connectivity index (χ1n) is 4.99. The van der Waals surface area contributed by atoms with Crippen molar-refractivity contribution in [2.75, 3.05) is 0 Å². The summed E-state index contributed by atoms with van der Waals surface area (Å²) in [6.07, 6.45) is 1.47. The zero-order chi connectivity index (χ0) is 12.4. The van der Waals surface area contributed by atoms with Crippen molar-refractivity contribution in [1.29, 1.82) is 0 Å². The van der Waals surface area contributed by atoms with Crippen molar-refractivity contribution >= 4 is 0 Å². The highest BCUT2D eigenvalue weighted by Crippen LogP contribution is 2.23. The van der Waals surface area contributed by atoms with E-state index >= 15 is 0 Å². The van der Waals surface area contributed by atoms with Crippen molar-refractivity contribution < 1.29 is 13.9 Å². The van der Waals surface area contributed by atoms with Crippen LogP contribution in [0.4, 0.5) is 8.78 Å². The zero-order valence-corrected chi connectivity index (χ0v) is 9.06. The molecule has 0 spiro atoms. The maximum absolute atomic E-state index is 13.4. The van der Waals surface area contributed by atoms with Crippen LogP contribution in [-0.4, -0.2) is 15.1 Å². The summed E-state index contributed by atoms with van der Waals surface area (Å²) in [7, 11) is 0. The van der Waals surface area contributed by atoms with Crippen molar-refractivity contribution in [3.63, 3.8) is 0 Å². The maximum Gasteiger partial charge on any atom is 0.129 e. The first-order valence-corrected chi connectivity index (χ1v) is 4.99. The second-order valence-electron chi connectivity index (χ2n) is 3.65. The summed E-state index contributed by atoms with van der Waals surface area (Å²) < 4.78 is 26.4. The van der Waals surface area contributed by atoms with Crippen molar-refractivity contribution in [2.45, 2.75) is 13.0 Å². The third-order valence-electron chi connectivity index (χ3n) is 2.33. The Morgan fingerprint density at radius 2 is 1.94 bits per heavy atom. The van der Waals surface area contributed by atoms with Gasteiger partial charge >= 0.3 is 0 Å². The minimum absolute atomic E-state index is 0.150. The summed E-state index contributed by atoms with van der Waals surface area (Å²) in [5, 5.41) is 9.88. The lowest BCUT2D eigenvalue weighted by Crippen LogP contribution is -2.06. The number of aliphatic hydroxyl groups excluding tert-OH is 1. The highest BCUT2D eigenvalue weighted by Gasteiger charge is 2.17. The minimum atomic E-state index is -1.32. The Hall–Kier alpha value is -1.88. The number of aliphatic hydroxyl groups is 1. The average molecular weight is 236 g/mol. The molecular formula is C12H10F2N2O. The molecule has 17 heavy (non-hydrogen) atoms. The van der Waals surface area contributed by atoms with Crippen molar-refractivity contribution in [3.05, 3.63) is 59.2 Å². The van der Waals surface area contributed by atoms with Gasteiger partial charge in [-0.2, -0.15) is 0 Å². The van der Waals surface area contributed by atoms with Crippen LogP contribution in [0.3, 0.4) is 0 Å². The average Bonchev–Trinajstić information content (AvgIpc) is 2.32. The number of hydrogen-bond acceptors (Lipinski definition) is 3. The van der Waals surface area contributed by atoms with Gasteiger partial charge in [-0.1, -0.05) is 0 Å². The van der Waals surface area contributed by atoms with Gasteiger partial charge in [0.15, 0.2) is 0 Å². The summed E-state index contributed by atoms with van der Waals surface area (Å²) in [6, 6.07) is 2.91. The fourth-order valence-corrected chi connectivity index (χ4v) is 1.43. The smallest absolute Gasteiger partial charge is 0.129 e. The summed E-state index contributed by atoms with van der Waals surface area (Å²) in [5.74, 6) is -1.29. The SMILES string of the molecule is Cc1cnc(C(O)c2cc(F)ccc2F)cn1. The van der Waals surface area contributed by atoms with E-state index in [2.05, 4.69) is 9.97 Å². The van der Waals surface area contributed by atoms with Gasteiger partial charge in [-0.25, -0.2) is 8.78 Å². The minimum Gasteiger partial charge on any atom is -0.382 e. The van der Waals surface area contributed by atoms with Gasteiger partial charge in [0, 0.05) is 11.8 Å². The number of aryl methyl sites for hydroxylation is 1. The van der Waals surface area contributed by atoms with Crippen LogP contribution in [0, 0.1) is 18.6 Å². The predicted octanol–water partition coefficient (Wildman–Crippen LogP) is 2.14. The van der Waals surface area contributed by atoms with Crippen molar-refractivity contribution in [3.8, 4) is 0 Å². The molecule has 1 unspecified atom stereocenters. The Bertz CT molecular complexity index is 529. The van der Waals surface area contributed by atoms with Crippen LogP contribution in [0.25, 0.3) is 0 Å². The van der Waals surface area contributed by atoms with Crippen LogP contribution < -0.4 is 0 Å².